The average Bonchev–Trinajstić information content (AvgIpc) is 2.97. The lowest BCUT2D eigenvalue weighted by Crippen LogP contribution is -2.44. The lowest BCUT2D eigenvalue weighted by atomic mass is 10.1. The van der Waals surface area contributed by atoms with Crippen molar-refractivity contribution in [3.63, 3.8) is 0 Å². The molecule has 0 saturated carbocycles. The summed E-state index contributed by atoms with van der Waals surface area (Å²) < 4.78 is 12.9. The molecule has 1 fully saturated rings. The number of aliphatic carboxylic acids is 1. The molecule has 0 bridgehead atoms. The van der Waals surface area contributed by atoms with Gasteiger partial charge >= 0.3 is 5.97 Å². The Morgan fingerprint density at radius 2 is 1.96 bits per heavy atom. The van der Waals surface area contributed by atoms with E-state index in [4.69, 9.17) is 0 Å². The van der Waals surface area contributed by atoms with Crippen molar-refractivity contribution in [1.82, 2.24) is 10.2 Å². The summed E-state index contributed by atoms with van der Waals surface area (Å²) >= 11 is 0. The molecule has 1 aromatic carbocycles. The Balaban J connectivity index is 2.30. The van der Waals surface area contributed by atoms with Crippen LogP contribution in [-0.4, -0.2) is 40.4 Å². The maximum Gasteiger partial charge on any atom is 0.326 e. The maximum absolute atomic E-state index is 12.9. The summed E-state index contributed by atoms with van der Waals surface area (Å²) in [6, 6.07) is 4.49. The van der Waals surface area contributed by atoms with Crippen molar-refractivity contribution in [2.24, 2.45) is 0 Å². The van der Waals surface area contributed by atoms with Crippen LogP contribution < -0.4 is 5.32 Å². The third-order valence-electron chi connectivity index (χ3n) is 3.52. The fourth-order valence-corrected chi connectivity index (χ4v) is 2.49. The van der Waals surface area contributed by atoms with Crippen LogP contribution in [0.1, 0.15) is 25.3 Å². The largest absolute Gasteiger partial charge is 0.480 e. The number of halogens is 1. The maximum atomic E-state index is 12.9. The van der Waals surface area contributed by atoms with Crippen LogP contribution in [0.3, 0.4) is 0 Å². The first kappa shape index (κ1) is 16.7. The highest BCUT2D eigenvalue weighted by Crippen LogP contribution is 2.20. The van der Waals surface area contributed by atoms with Gasteiger partial charge in [-0.2, -0.15) is 0 Å². The van der Waals surface area contributed by atoms with Gasteiger partial charge in [0.2, 0.25) is 5.91 Å². The predicted molar refractivity (Wildman–Crippen MR) is 80.6 cm³/mol. The first-order valence-corrected chi connectivity index (χ1v) is 7.17. The zero-order valence-electron chi connectivity index (χ0n) is 12.6. The molecule has 0 spiro atoms. The minimum absolute atomic E-state index is 0.0303. The molecule has 122 valence electrons. The second kappa shape index (κ2) is 7.04. The van der Waals surface area contributed by atoms with Crippen molar-refractivity contribution in [3.8, 4) is 0 Å². The number of nitrogens with one attached hydrogen (secondary N) is 1. The summed E-state index contributed by atoms with van der Waals surface area (Å²) in [6.07, 6.45) is 2.37. The monoisotopic (exact) mass is 320 g/mol. The van der Waals surface area contributed by atoms with Crippen LogP contribution in [0.15, 0.2) is 30.0 Å². The number of benzene rings is 1. The fraction of sp³-hybridized carbons (Fsp3) is 0.312. The van der Waals surface area contributed by atoms with E-state index in [0.717, 1.165) is 0 Å². The van der Waals surface area contributed by atoms with Crippen LogP contribution in [-0.2, 0) is 14.4 Å². The number of rotatable bonds is 4. The molecule has 1 atom stereocenters. The normalized spacial score (nSPS) is 17.9. The molecule has 2 rings (SSSR count). The van der Waals surface area contributed by atoms with Crippen molar-refractivity contribution in [2.75, 3.05) is 6.54 Å². The standard InChI is InChI=1S/C16H17FN2O4/c1-10(20)18-13(9-11-4-6-12(17)7-5-11)15(21)19-8-2-3-14(19)16(22)23/h4-7,9,14H,2-3,8H2,1H3,(H,18,20)(H,22,23)/b13-9-. The highest BCUT2D eigenvalue weighted by atomic mass is 19.1. The molecular weight excluding hydrogens is 303 g/mol. The molecule has 1 aromatic rings. The second-order valence-electron chi connectivity index (χ2n) is 5.29. The van der Waals surface area contributed by atoms with Gasteiger partial charge in [0, 0.05) is 13.5 Å². The Hall–Kier alpha value is -2.70. The smallest absolute Gasteiger partial charge is 0.326 e. The highest BCUT2D eigenvalue weighted by molar-refractivity contribution is 6.02. The van der Waals surface area contributed by atoms with Gasteiger partial charge in [-0.25, -0.2) is 9.18 Å². The minimum Gasteiger partial charge on any atom is -0.480 e. The average molecular weight is 320 g/mol. The topological polar surface area (TPSA) is 86.7 Å². The second-order valence-corrected chi connectivity index (χ2v) is 5.29. The minimum atomic E-state index is -1.07. The first-order valence-electron chi connectivity index (χ1n) is 7.17. The Labute approximate surface area is 132 Å². The first-order chi connectivity index (χ1) is 10.9. The number of likely N-dealkylation sites (tertiary alicyclic amines) is 1. The van der Waals surface area contributed by atoms with E-state index < -0.39 is 29.6 Å². The van der Waals surface area contributed by atoms with Gasteiger partial charge in [0.15, 0.2) is 0 Å². The molecule has 0 aliphatic carbocycles. The van der Waals surface area contributed by atoms with Gasteiger partial charge in [0.05, 0.1) is 0 Å². The van der Waals surface area contributed by atoms with Crippen LogP contribution in [0.5, 0.6) is 0 Å². The summed E-state index contributed by atoms with van der Waals surface area (Å²) in [7, 11) is 0. The van der Waals surface area contributed by atoms with Crippen LogP contribution in [0.2, 0.25) is 0 Å². The quantitative estimate of drug-likeness (QED) is 0.821. The molecule has 1 saturated heterocycles. The Morgan fingerprint density at radius 3 is 2.52 bits per heavy atom. The molecule has 0 radical (unpaired) electrons. The number of carbonyl (C=O) groups excluding carboxylic acids is 2. The molecule has 23 heavy (non-hydrogen) atoms. The lowest BCUT2D eigenvalue weighted by Gasteiger charge is -2.23. The number of amides is 2. The molecule has 2 N–H and O–H groups in total. The summed E-state index contributed by atoms with van der Waals surface area (Å²) in [4.78, 5) is 36.4. The van der Waals surface area contributed by atoms with Crippen LogP contribution in [0.4, 0.5) is 4.39 Å². The predicted octanol–water partition coefficient (Wildman–Crippen LogP) is 1.38. The number of hydrogen-bond donors (Lipinski definition) is 2. The van der Waals surface area contributed by atoms with Crippen molar-refractivity contribution in [2.45, 2.75) is 25.8 Å². The molecule has 0 aromatic heterocycles. The summed E-state index contributed by atoms with van der Waals surface area (Å²) in [5, 5.41) is 11.6. The molecule has 1 aliphatic rings. The van der Waals surface area contributed by atoms with E-state index in [1.54, 1.807) is 0 Å². The molecule has 2 amide bonds. The van der Waals surface area contributed by atoms with Gasteiger partial charge in [-0.1, -0.05) is 12.1 Å². The number of hydrogen-bond acceptors (Lipinski definition) is 3. The van der Waals surface area contributed by atoms with Crippen LogP contribution in [0, 0.1) is 5.82 Å². The van der Waals surface area contributed by atoms with Crippen molar-refractivity contribution < 1.29 is 23.9 Å². The van der Waals surface area contributed by atoms with Gasteiger partial charge in [0.1, 0.15) is 17.6 Å². The van der Waals surface area contributed by atoms with E-state index in [9.17, 15) is 23.9 Å². The van der Waals surface area contributed by atoms with Crippen molar-refractivity contribution in [1.29, 1.82) is 0 Å². The lowest BCUT2D eigenvalue weighted by molar-refractivity contribution is -0.147. The summed E-state index contributed by atoms with van der Waals surface area (Å²) in [6.45, 7) is 1.57. The van der Waals surface area contributed by atoms with Crippen molar-refractivity contribution in [3.05, 3.63) is 41.3 Å². The van der Waals surface area contributed by atoms with E-state index in [-0.39, 0.29) is 5.70 Å². The molecule has 7 heteroatoms. The van der Waals surface area contributed by atoms with E-state index in [2.05, 4.69) is 5.32 Å². The van der Waals surface area contributed by atoms with Crippen molar-refractivity contribution >= 4 is 23.9 Å². The van der Waals surface area contributed by atoms with Crippen LogP contribution in [0.25, 0.3) is 6.08 Å². The Morgan fingerprint density at radius 1 is 1.30 bits per heavy atom. The van der Waals surface area contributed by atoms with Gasteiger partial charge in [-0.05, 0) is 36.6 Å². The molecular formula is C16H17FN2O4. The van der Waals surface area contributed by atoms with Gasteiger partial charge < -0.3 is 15.3 Å². The SMILES string of the molecule is CC(=O)N/C(=C\c1ccc(F)cc1)C(=O)N1CCCC1C(=O)O. The zero-order valence-corrected chi connectivity index (χ0v) is 12.6. The highest BCUT2D eigenvalue weighted by Gasteiger charge is 2.35. The van der Waals surface area contributed by atoms with Gasteiger partial charge in [-0.15, -0.1) is 0 Å². The third kappa shape index (κ3) is 4.15. The Kier molecular flexibility index (Phi) is 5.10. The molecule has 1 heterocycles. The summed E-state index contributed by atoms with van der Waals surface area (Å²) in [5.41, 5.74) is 0.492. The van der Waals surface area contributed by atoms with E-state index in [1.165, 1.54) is 42.2 Å². The van der Waals surface area contributed by atoms with E-state index in [1.807, 2.05) is 0 Å². The Bertz CT molecular complexity index is 655. The van der Waals surface area contributed by atoms with E-state index >= 15 is 0 Å². The molecule has 6 nitrogen and oxygen atoms in total. The van der Waals surface area contributed by atoms with Gasteiger partial charge in [0.25, 0.3) is 5.91 Å². The number of carbonyl (C=O) groups is 3. The third-order valence-corrected chi connectivity index (χ3v) is 3.52. The number of nitrogens with zero attached hydrogens (tertiary/aromatic N) is 1. The molecule has 1 aliphatic heterocycles. The summed E-state index contributed by atoms with van der Waals surface area (Å²) in [5.74, 6) is -2.49. The van der Waals surface area contributed by atoms with Gasteiger partial charge in [-0.3, -0.25) is 9.59 Å². The fourth-order valence-electron chi connectivity index (χ4n) is 2.49. The number of carboxylic acids is 1. The van der Waals surface area contributed by atoms with Crippen LogP contribution >= 0.6 is 0 Å². The molecule has 1 unspecified atom stereocenters. The zero-order chi connectivity index (χ0) is 17.0. The number of carboxylic acid groups (broad SMARTS) is 1. The van der Waals surface area contributed by atoms with E-state index in [0.29, 0.717) is 24.9 Å².